The summed E-state index contributed by atoms with van der Waals surface area (Å²) in [5, 5.41) is 21.1. The van der Waals surface area contributed by atoms with Gasteiger partial charge >= 0.3 is 0 Å². The molecule has 10 nitrogen and oxygen atoms in total. The molecule has 39 heavy (non-hydrogen) atoms. The number of pyridine rings is 3. The van der Waals surface area contributed by atoms with Gasteiger partial charge in [-0.15, -0.1) is 0 Å². The van der Waals surface area contributed by atoms with Crippen molar-refractivity contribution < 1.29 is 14.3 Å². The van der Waals surface area contributed by atoms with Gasteiger partial charge in [-0.3, -0.25) is 24.8 Å². The molecular formula is C28H21FN8O2. The van der Waals surface area contributed by atoms with Crippen molar-refractivity contribution in [3.63, 3.8) is 0 Å². The summed E-state index contributed by atoms with van der Waals surface area (Å²) in [4.78, 5) is 33.5. The molecule has 1 fully saturated rings. The van der Waals surface area contributed by atoms with E-state index in [1.165, 1.54) is 12.1 Å². The molecule has 5 heterocycles. The third-order valence-electron chi connectivity index (χ3n) is 7.04. The van der Waals surface area contributed by atoms with Crippen LogP contribution in [0.1, 0.15) is 19.3 Å². The molecule has 0 bridgehead atoms. The second-order valence-corrected chi connectivity index (χ2v) is 9.63. The third kappa shape index (κ3) is 4.13. The summed E-state index contributed by atoms with van der Waals surface area (Å²) in [6.07, 6.45) is 11.1. The van der Waals surface area contributed by atoms with E-state index in [-0.39, 0.29) is 17.6 Å². The number of halogens is 1. The maximum Gasteiger partial charge on any atom is 0.227 e. The van der Waals surface area contributed by atoms with Crippen molar-refractivity contribution in [2.24, 2.45) is 5.92 Å². The number of H-pyrrole nitrogens is 2. The molecule has 4 N–H and O–H groups in total. The number of fused-ring (bicyclic) bond motifs is 2. The number of carbonyl (C=O) groups is 1. The van der Waals surface area contributed by atoms with E-state index in [0.717, 1.165) is 36.3 Å². The summed E-state index contributed by atoms with van der Waals surface area (Å²) in [7, 11) is 0. The largest absolute Gasteiger partial charge is 0.508 e. The van der Waals surface area contributed by atoms with Crippen LogP contribution in [0.4, 0.5) is 10.1 Å². The Balaban J connectivity index is 1.27. The third-order valence-corrected chi connectivity index (χ3v) is 7.04. The van der Waals surface area contributed by atoms with Crippen LogP contribution < -0.4 is 5.32 Å². The molecule has 5 aromatic heterocycles. The lowest BCUT2D eigenvalue weighted by Gasteiger charge is -2.24. The molecule has 192 valence electrons. The highest BCUT2D eigenvalue weighted by Crippen LogP contribution is 2.34. The number of aromatic amines is 2. The first-order chi connectivity index (χ1) is 19.0. The van der Waals surface area contributed by atoms with Crippen molar-refractivity contribution in [2.75, 3.05) is 5.32 Å². The maximum absolute atomic E-state index is 14.0. The van der Waals surface area contributed by atoms with E-state index in [0.29, 0.717) is 50.6 Å². The van der Waals surface area contributed by atoms with Gasteiger partial charge in [-0.05, 0) is 42.7 Å². The summed E-state index contributed by atoms with van der Waals surface area (Å²) in [5.41, 5.74) is 5.54. The SMILES string of the molecule is O=C(Nc1cncc(-c2cc3c(-c4nc5c(-c6cc(O)cc(F)c6)cncc5[nH]4)n[nH]c3cn2)c1)C1CCC1. The Labute approximate surface area is 220 Å². The number of anilines is 1. The van der Waals surface area contributed by atoms with Crippen LogP contribution in [-0.2, 0) is 4.79 Å². The van der Waals surface area contributed by atoms with Crippen molar-refractivity contribution in [3.8, 4) is 39.7 Å². The minimum Gasteiger partial charge on any atom is -0.508 e. The average Bonchev–Trinajstić information content (AvgIpc) is 3.50. The number of amides is 1. The number of benzene rings is 1. The number of phenols is 1. The van der Waals surface area contributed by atoms with Crippen molar-refractivity contribution >= 4 is 33.5 Å². The van der Waals surface area contributed by atoms with Gasteiger partial charge in [-0.2, -0.15) is 5.10 Å². The van der Waals surface area contributed by atoms with Gasteiger partial charge in [0.25, 0.3) is 0 Å². The summed E-state index contributed by atoms with van der Waals surface area (Å²) >= 11 is 0. The molecule has 1 aliphatic rings. The number of nitrogens with one attached hydrogen (secondary N) is 3. The number of imidazole rings is 1. The molecular weight excluding hydrogens is 499 g/mol. The second kappa shape index (κ2) is 8.98. The zero-order valence-electron chi connectivity index (χ0n) is 20.4. The molecule has 6 aromatic rings. The van der Waals surface area contributed by atoms with Gasteiger partial charge in [0.05, 0.1) is 46.5 Å². The number of hydrogen-bond acceptors (Lipinski definition) is 7. The molecule has 7 rings (SSSR count). The van der Waals surface area contributed by atoms with E-state index in [9.17, 15) is 14.3 Å². The Morgan fingerprint density at radius 1 is 0.974 bits per heavy atom. The van der Waals surface area contributed by atoms with Crippen LogP contribution in [0.15, 0.2) is 61.3 Å². The number of phenolic OH excluding ortho intramolecular Hbond substituents is 1. The van der Waals surface area contributed by atoms with Gasteiger partial charge in [0.1, 0.15) is 17.3 Å². The van der Waals surface area contributed by atoms with E-state index < -0.39 is 5.82 Å². The van der Waals surface area contributed by atoms with E-state index in [1.807, 2.05) is 12.1 Å². The number of hydrogen-bond donors (Lipinski definition) is 4. The van der Waals surface area contributed by atoms with E-state index in [1.54, 1.807) is 31.0 Å². The van der Waals surface area contributed by atoms with E-state index in [4.69, 9.17) is 4.98 Å². The lowest BCUT2D eigenvalue weighted by molar-refractivity contribution is -0.122. The Bertz CT molecular complexity index is 1870. The van der Waals surface area contributed by atoms with E-state index in [2.05, 4.69) is 35.5 Å². The smallest absolute Gasteiger partial charge is 0.227 e. The molecule has 0 unspecified atom stereocenters. The lowest BCUT2D eigenvalue weighted by atomic mass is 9.85. The van der Waals surface area contributed by atoms with Crippen LogP contribution in [0.3, 0.4) is 0 Å². The molecule has 1 aromatic carbocycles. The van der Waals surface area contributed by atoms with Gasteiger partial charge < -0.3 is 15.4 Å². The minimum absolute atomic E-state index is 0.0212. The zero-order valence-corrected chi connectivity index (χ0v) is 20.4. The zero-order chi connectivity index (χ0) is 26.5. The van der Waals surface area contributed by atoms with Gasteiger partial charge in [-0.1, -0.05) is 6.42 Å². The highest BCUT2D eigenvalue weighted by molar-refractivity contribution is 5.98. The normalized spacial score (nSPS) is 13.6. The van der Waals surface area contributed by atoms with Crippen LogP contribution in [0.2, 0.25) is 0 Å². The summed E-state index contributed by atoms with van der Waals surface area (Å²) in [6, 6.07) is 7.57. The second-order valence-electron chi connectivity index (χ2n) is 9.63. The first kappa shape index (κ1) is 23.0. The first-order valence-electron chi connectivity index (χ1n) is 12.5. The predicted molar refractivity (Wildman–Crippen MR) is 143 cm³/mol. The molecule has 11 heteroatoms. The fourth-order valence-corrected chi connectivity index (χ4v) is 4.80. The molecule has 1 aliphatic carbocycles. The molecule has 0 saturated heterocycles. The fourth-order valence-electron chi connectivity index (χ4n) is 4.80. The van der Waals surface area contributed by atoms with Crippen LogP contribution >= 0.6 is 0 Å². The fraction of sp³-hybridized carbons (Fsp3) is 0.143. The van der Waals surface area contributed by atoms with Crippen LogP contribution in [0.5, 0.6) is 5.75 Å². The van der Waals surface area contributed by atoms with Gasteiger partial charge in [0, 0.05) is 40.9 Å². The standard InChI is InChI=1S/C28H21FN8O2/c29-17-4-15(6-19(38)7-17)21-11-31-12-24-25(21)35-27(34-24)26-20-8-22(32-13-23(20)36-37-26)16-5-18(10-30-9-16)33-28(39)14-2-1-3-14/h4-14,38H,1-3H2,(H,33,39)(H,34,35)(H,36,37). The van der Waals surface area contributed by atoms with Crippen LogP contribution in [-0.4, -0.2) is 46.1 Å². The van der Waals surface area contributed by atoms with Crippen LogP contribution in [0.25, 0.3) is 55.8 Å². The van der Waals surface area contributed by atoms with Gasteiger partial charge in [0.15, 0.2) is 5.82 Å². The highest BCUT2D eigenvalue weighted by Gasteiger charge is 2.25. The molecule has 0 spiro atoms. The van der Waals surface area contributed by atoms with Crippen molar-refractivity contribution in [3.05, 3.63) is 67.1 Å². The average molecular weight is 521 g/mol. The summed E-state index contributed by atoms with van der Waals surface area (Å²) < 4.78 is 14.0. The number of carbonyl (C=O) groups excluding carboxylic acids is 1. The number of aromatic hydroxyl groups is 1. The highest BCUT2D eigenvalue weighted by atomic mass is 19.1. The Morgan fingerprint density at radius 2 is 1.85 bits per heavy atom. The molecule has 0 aliphatic heterocycles. The van der Waals surface area contributed by atoms with Crippen molar-refractivity contribution in [1.82, 2.24) is 35.1 Å². The topological polar surface area (TPSA) is 145 Å². The van der Waals surface area contributed by atoms with Crippen molar-refractivity contribution in [2.45, 2.75) is 19.3 Å². The number of rotatable bonds is 5. The first-order valence-corrected chi connectivity index (χ1v) is 12.5. The summed E-state index contributed by atoms with van der Waals surface area (Å²) in [6.45, 7) is 0. The monoisotopic (exact) mass is 520 g/mol. The van der Waals surface area contributed by atoms with Gasteiger partial charge in [-0.25, -0.2) is 9.37 Å². The lowest BCUT2D eigenvalue weighted by Crippen LogP contribution is -2.28. The van der Waals surface area contributed by atoms with E-state index >= 15 is 0 Å². The molecule has 0 radical (unpaired) electrons. The Hall–Kier alpha value is -5.19. The minimum atomic E-state index is -0.558. The van der Waals surface area contributed by atoms with Gasteiger partial charge in [0.2, 0.25) is 5.91 Å². The molecule has 1 amide bonds. The quantitative estimate of drug-likeness (QED) is 0.244. The molecule has 1 saturated carbocycles. The predicted octanol–water partition coefficient (Wildman–Crippen LogP) is 5.21. The van der Waals surface area contributed by atoms with Crippen LogP contribution in [0, 0.1) is 11.7 Å². The van der Waals surface area contributed by atoms with Crippen molar-refractivity contribution in [1.29, 1.82) is 0 Å². The molecule has 0 atom stereocenters. The number of nitrogens with zero attached hydrogens (tertiary/aromatic N) is 5. The maximum atomic E-state index is 14.0. The number of aromatic nitrogens is 7. The summed E-state index contributed by atoms with van der Waals surface area (Å²) in [5.74, 6) is -0.159. The Morgan fingerprint density at radius 3 is 2.67 bits per heavy atom. The Kier molecular flexibility index (Phi) is 5.29.